The molecule has 0 bridgehead atoms. The summed E-state index contributed by atoms with van der Waals surface area (Å²) >= 11 is 0. The molecule has 0 saturated heterocycles. The summed E-state index contributed by atoms with van der Waals surface area (Å²) in [6, 6.07) is 15.7. The van der Waals surface area contributed by atoms with Crippen LogP contribution in [0.2, 0.25) is 0 Å². The van der Waals surface area contributed by atoms with Crippen LogP contribution in [-0.2, 0) is 11.3 Å². The van der Waals surface area contributed by atoms with Crippen molar-refractivity contribution in [3.8, 4) is 6.07 Å². The van der Waals surface area contributed by atoms with Crippen molar-refractivity contribution in [3.05, 3.63) is 65.5 Å². The minimum Gasteiger partial charge on any atom is -0.369 e. The molecule has 0 aliphatic rings. The van der Waals surface area contributed by atoms with Gasteiger partial charge in [0.15, 0.2) is 0 Å². The summed E-state index contributed by atoms with van der Waals surface area (Å²) in [6.45, 7) is 2.39. The average molecular weight is 238 g/mol. The van der Waals surface area contributed by atoms with Gasteiger partial charge < -0.3 is 4.74 Å². The second-order valence-corrected chi connectivity index (χ2v) is 3.99. The summed E-state index contributed by atoms with van der Waals surface area (Å²) in [5.41, 5.74) is 2.38. The Morgan fingerprint density at radius 1 is 1.22 bits per heavy atom. The van der Waals surface area contributed by atoms with Crippen LogP contribution in [0.25, 0.3) is 0 Å². The van der Waals surface area contributed by atoms with Crippen molar-refractivity contribution in [1.82, 2.24) is 4.98 Å². The highest BCUT2D eigenvalue weighted by molar-refractivity contribution is 5.29. The third kappa shape index (κ3) is 2.93. The van der Waals surface area contributed by atoms with Crippen molar-refractivity contribution in [1.29, 1.82) is 5.26 Å². The van der Waals surface area contributed by atoms with Crippen LogP contribution in [-0.4, -0.2) is 4.98 Å². The van der Waals surface area contributed by atoms with Crippen molar-refractivity contribution in [2.45, 2.75) is 19.6 Å². The van der Waals surface area contributed by atoms with Gasteiger partial charge in [0.25, 0.3) is 0 Å². The summed E-state index contributed by atoms with van der Waals surface area (Å²) in [5.74, 6) is 0. The van der Waals surface area contributed by atoms with Crippen molar-refractivity contribution in [2.24, 2.45) is 0 Å². The average Bonchev–Trinajstić information content (AvgIpc) is 2.46. The van der Waals surface area contributed by atoms with E-state index in [1.54, 1.807) is 6.20 Å². The zero-order valence-corrected chi connectivity index (χ0v) is 10.2. The monoisotopic (exact) mass is 238 g/mol. The smallest absolute Gasteiger partial charge is 0.145 e. The predicted molar refractivity (Wildman–Crippen MR) is 68.6 cm³/mol. The highest BCUT2D eigenvalue weighted by Gasteiger charge is 2.07. The van der Waals surface area contributed by atoms with Crippen molar-refractivity contribution in [3.63, 3.8) is 0 Å². The number of nitrogens with zero attached hydrogens (tertiary/aromatic N) is 2. The molecule has 1 heterocycles. The number of hydrogen-bond acceptors (Lipinski definition) is 3. The lowest BCUT2D eigenvalue weighted by molar-refractivity contribution is 0.0523. The Hall–Kier alpha value is -2.18. The lowest BCUT2D eigenvalue weighted by atomic mass is 10.1. The predicted octanol–water partition coefficient (Wildman–Crippen LogP) is 3.23. The Bertz CT molecular complexity index is 546. The van der Waals surface area contributed by atoms with Crippen LogP contribution in [0.15, 0.2) is 48.7 Å². The molecule has 0 N–H and O–H groups in total. The molecule has 0 saturated carbocycles. The molecule has 0 radical (unpaired) electrons. The third-order valence-electron chi connectivity index (χ3n) is 2.76. The third-order valence-corrected chi connectivity index (χ3v) is 2.76. The van der Waals surface area contributed by atoms with Gasteiger partial charge in [0.1, 0.15) is 11.8 Å². The number of hydrogen-bond donors (Lipinski definition) is 0. The highest BCUT2D eigenvalue weighted by Crippen LogP contribution is 2.18. The summed E-state index contributed by atoms with van der Waals surface area (Å²) in [7, 11) is 0. The normalized spacial score (nSPS) is 11.8. The molecule has 3 nitrogen and oxygen atoms in total. The maximum absolute atomic E-state index is 8.93. The van der Waals surface area contributed by atoms with E-state index in [0.29, 0.717) is 12.3 Å². The summed E-state index contributed by atoms with van der Waals surface area (Å²) in [5, 5.41) is 8.93. The fourth-order valence-corrected chi connectivity index (χ4v) is 1.69. The Morgan fingerprint density at radius 3 is 2.72 bits per heavy atom. The second-order valence-electron chi connectivity index (χ2n) is 3.99. The molecule has 1 aromatic heterocycles. The molecule has 2 aromatic rings. The van der Waals surface area contributed by atoms with Gasteiger partial charge in [-0.2, -0.15) is 5.26 Å². The molecule has 1 atom stereocenters. The quantitative estimate of drug-likeness (QED) is 0.821. The first-order chi connectivity index (χ1) is 8.81. The van der Waals surface area contributed by atoms with Gasteiger partial charge in [0, 0.05) is 11.8 Å². The lowest BCUT2D eigenvalue weighted by Gasteiger charge is -2.13. The van der Waals surface area contributed by atoms with Crippen LogP contribution in [0.5, 0.6) is 0 Å². The molecule has 1 unspecified atom stereocenters. The topological polar surface area (TPSA) is 45.9 Å². The molecule has 0 amide bonds. The molecule has 0 aliphatic heterocycles. The van der Waals surface area contributed by atoms with Crippen LogP contribution >= 0.6 is 0 Å². The summed E-state index contributed by atoms with van der Waals surface area (Å²) < 4.78 is 5.77. The van der Waals surface area contributed by atoms with E-state index >= 15 is 0 Å². The van der Waals surface area contributed by atoms with Crippen LogP contribution in [0.1, 0.15) is 29.8 Å². The van der Waals surface area contributed by atoms with Crippen LogP contribution < -0.4 is 0 Å². The molecule has 18 heavy (non-hydrogen) atoms. The van der Waals surface area contributed by atoms with Gasteiger partial charge in [-0.15, -0.1) is 0 Å². The van der Waals surface area contributed by atoms with Crippen LogP contribution in [0, 0.1) is 11.3 Å². The zero-order chi connectivity index (χ0) is 12.8. The fourth-order valence-electron chi connectivity index (χ4n) is 1.69. The van der Waals surface area contributed by atoms with E-state index in [1.165, 1.54) is 0 Å². The molecule has 0 fully saturated rings. The standard InChI is InChI=1S/C15H14N2O/c1-12(13-6-3-2-4-7-13)18-11-14-8-5-9-17-15(14)10-16/h2-9,12H,11H2,1H3. The largest absolute Gasteiger partial charge is 0.369 e. The van der Waals surface area contributed by atoms with Gasteiger partial charge in [-0.3, -0.25) is 0 Å². The first-order valence-corrected chi connectivity index (χ1v) is 5.82. The Morgan fingerprint density at radius 2 is 2.00 bits per heavy atom. The Balaban J connectivity index is 2.02. The molecule has 0 spiro atoms. The van der Waals surface area contributed by atoms with Crippen molar-refractivity contribution >= 4 is 0 Å². The highest BCUT2D eigenvalue weighted by atomic mass is 16.5. The van der Waals surface area contributed by atoms with E-state index in [1.807, 2.05) is 49.4 Å². The molecular formula is C15H14N2O. The maximum atomic E-state index is 8.93. The summed E-state index contributed by atoms with van der Waals surface area (Å²) in [4.78, 5) is 4.01. The Labute approximate surface area is 107 Å². The lowest BCUT2D eigenvalue weighted by Crippen LogP contribution is -2.02. The van der Waals surface area contributed by atoms with Crippen LogP contribution in [0.3, 0.4) is 0 Å². The SMILES string of the molecule is CC(OCc1cccnc1C#N)c1ccccc1. The minimum atomic E-state index is -0.00190. The maximum Gasteiger partial charge on any atom is 0.145 e. The number of nitriles is 1. The van der Waals surface area contributed by atoms with Crippen LogP contribution in [0.4, 0.5) is 0 Å². The summed E-state index contributed by atoms with van der Waals surface area (Å²) in [6.07, 6.45) is 1.61. The fraction of sp³-hybridized carbons (Fsp3) is 0.200. The van der Waals surface area contributed by atoms with E-state index in [9.17, 15) is 0 Å². The van der Waals surface area contributed by atoms with Gasteiger partial charge in [0.2, 0.25) is 0 Å². The molecular weight excluding hydrogens is 224 g/mol. The Kier molecular flexibility index (Phi) is 4.06. The number of pyridine rings is 1. The first-order valence-electron chi connectivity index (χ1n) is 5.82. The van der Waals surface area contributed by atoms with Gasteiger partial charge in [-0.1, -0.05) is 36.4 Å². The van der Waals surface area contributed by atoms with E-state index < -0.39 is 0 Å². The molecule has 2 rings (SSSR count). The number of aromatic nitrogens is 1. The van der Waals surface area contributed by atoms with E-state index in [-0.39, 0.29) is 6.10 Å². The second kappa shape index (κ2) is 5.95. The molecule has 90 valence electrons. The van der Waals surface area contributed by atoms with Crippen molar-refractivity contribution in [2.75, 3.05) is 0 Å². The zero-order valence-electron chi connectivity index (χ0n) is 10.2. The first kappa shape index (κ1) is 12.3. The number of benzene rings is 1. The van der Waals surface area contributed by atoms with Gasteiger partial charge >= 0.3 is 0 Å². The van der Waals surface area contributed by atoms with Gasteiger partial charge in [-0.25, -0.2) is 4.98 Å². The number of rotatable bonds is 4. The molecule has 0 aliphatic carbocycles. The van der Waals surface area contributed by atoms with Crippen molar-refractivity contribution < 1.29 is 4.74 Å². The van der Waals surface area contributed by atoms with E-state index in [4.69, 9.17) is 10.00 Å². The van der Waals surface area contributed by atoms with Gasteiger partial charge in [0.05, 0.1) is 12.7 Å². The minimum absolute atomic E-state index is 0.00190. The molecule has 3 heteroatoms. The van der Waals surface area contributed by atoms with E-state index in [2.05, 4.69) is 11.1 Å². The molecule has 1 aromatic carbocycles. The van der Waals surface area contributed by atoms with Gasteiger partial charge in [-0.05, 0) is 18.6 Å². The van der Waals surface area contributed by atoms with E-state index in [0.717, 1.165) is 11.1 Å². The number of ether oxygens (including phenoxy) is 1.